The number of rotatable bonds is 4. The number of amides is 2. The number of nitrogens with two attached hydrogens (primary N) is 1. The van der Waals surface area contributed by atoms with E-state index in [1.165, 1.54) is 17.6 Å². The number of anilines is 1. The van der Waals surface area contributed by atoms with Gasteiger partial charge in [0, 0.05) is 17.5 Å². The second-order valence-corrected chi connectivity index (χ2v) is 9.35. The van der Waals surface area contributed by atoms with Gasteiger partial charge < -0.3 is 25.3 Å². The second-order valence-electron chi connectivity index (χ2n) is 8.33. The van der Waals surface area contributed by atoms with E-state index in [1.54, 1.807) is 6.20 Å². The summed E-state index contributed by atoms with van der Waals surface area (Å²) < 4.78 is 17.0. The zero-order valence-electron chi connectivity index (χ0n) is 17.3. The van der Waals surface area contributed by atoms with Gasteiger partial charge in [0.2, 0.25) is 0 Å². The number of ether oxygens (including phenoxy) is 3. The van der Waals surface area contributed by atoms with Crippen molar-refractivity contribution < 1.29 is 23.8 Å². The Morgan fingerprint density at radius 2 is 2.03 bits per heavy atom. The fourth-order valence-corrected chi connectivity index (χ4v) is 5.25. The summed E-state index contributed by atoms with van der Waals surface area (Å²) >= 11 is 1.30. The van der Waals surface area contributed by atoms with Gasteiger partial charge in [-0.05, 0) is 33.3 Å². The van der Waals surface area contributed by atoms with Crippen molar-refractivity contribution in [1.82, 2.24) is 10.2 Å². The van der Waals surface area contributed by atoms with Crippen LogP contribution in [0.15, 0.2) is 12.5 Å². The number of carbonyl (C=O) groups excluding carboxylic acids is 2. The fourth-order valence-electron chi connectivity index (χ4n) is 3.99. The Morgan fingerprint density at radius 3 is 2.70 bits per heavy atom. The number of fused-ring (bicyclic) bond motifs is 1. The first-order valence-corrected chi connectivity index (χ1v) is 10.4. The van der Waals surface area contributed by atoms with Crippen molar-refractivity contribution in [2.24, 2.45) is 5.73 Å². The van der Waals surface area contributed by atoms with Crippen LogP contribution in [0.25, 0.3) is 5.76 Å². The minimum Gasteiger partial charge on any atom is -0.494 e. The number of nitrogens with one attached hydrogen (secondary N) is 2. The number of aromatic nitrogens is 2. The zero-order valence-corrected chi connectivity index (χ0v) is 18.1. The lowest BCUT2D eigenvalue weighted by Gasteiger charge is -2.41. The molecule has 0 unspecified atom stereocenters. The summed E-state index contributed by atoms with van der Waals surface area (Å²) in [5, 5.41) is 9.92. The molecule has 9 nitrogen and oxygen atoms in total. The summed E-state index contributed by atoms with van der Waals surface area (Å²) in [4.78, 5) is 26.2. The predicted octanol–water partition coefficient (Wildman–Crippen LogP) is 2.75. The Balaban J connectivity index is 1.71. The average Bonchev–Trinajstić information content (AvgIpc) is 3.26. The van der Waals surface area contributed by atoms with Gasteiger partial charge in [-0.1, -0.05) is 0 Å². The minimum atomic E-state index is -0.621. The lowest BCUT2D eigenvalue weighted by atomic mass is 9.86. The van der Waals surface area contributed by atoms with E-state index in [-0.39, 0.29) is 5.69 Å². The zero-order chi connectivity index (χ0) is 21.7. The number of hydrogen-bond acceptors (Lipinski definition) is 7. The summed E-state index contributed by atoms with van der Waals surface area (Å²) in [6.07, 6.45) is 3.53. The number of carbonyl (C=O) groups is 2. The van der Waals surface area contributed by atoms with Gasteiger partial charge in [-0.3, -0.25) is 14.7 Å². The van der Waals surface area contributed by atoms with Crippen LogP contribution in [-0.2, 0) is 26.2 Å². The standard InChI is InChI=1S/C20H24N4O5S/c1-19(2)7-10-13(16(21)25)18(30-15(10)20(3,4)29-19)23-17(26)14-11(8-22-24-14)12-9-27-5-6-28-12/h8-9H,5-7H2,1-4H3,(H2,21,25)(H,22,24)(H,23,26). The van der Waals surface area contributed by atoms with Crippen LogP contribution in [0.4, 0.5) is 5.00 Å². The third-order valence-corrected chi connectivity index (χ3v) is 6.38. The molecule has 0 aromatic carbocycles. The van der Waals surface area contributed by atoms with Crippen molar-refractivity contribution in [2.45, 2.75) is 45.3 Å². The normalized spacial score (nSPS) is 19.1. The fraction of sp³-hybridized carbons (Fsp3) is 0.450. The van der Waals surface area contributed by atoms with Crippen molar-refractivity contribution in [3.05, 3.63) is 39.7 Å². The average molecular weight is 433 g/mol. The molecule has 4 heterocycles. The third kappa shape index (κ3) is 3.56. The molecule has 2 aromatic heterocycles. The molecule has 0 atom stereocenters. The molecule has 0 saturated heterocycles. The molecule has 0 radical (unpaired) electrons. The number of primary amides is 1. The number of thiophene rings is 1. The summed E-state index contributed by atoms with van der Waals surface area (Å²) in [6.45, 7) is 8.64. The van der Waals surface area contributed by atoms with Gasteiger partial charge in [-0.15, -0.1) is 11.3 Å². The van der Waals surface area contributed by atoms with Crippen LogP contribution in [-0.4, -0.2) is 40.8 Å². The summed E-state index contributed by atoms with van der Waals surface area (Å²) in [5.41, 5.74) is 6.36. The van der Waals surface area contributed by atoms with Crippen molar-refractivity contribution in [2.75, 3.05) is 18.5 Å². The Kier molecular flexibility index (Phi) is 4.86. The van der Waals surface area contributed by atoms with E-state index in [0.29, 0.717) is 41.5 Å². The van der Waals surface area contributed by atoms with E-state index >= 15 is 0 Å². The first-order chi connectivity index (χ1) is 14.1. The highest BCUT2D eigenvalue weighted by Gasteiger charge is 2.43. The smallest absolute Gasteiger partial charge is 0.277 e. The van der Waals surface area contributed by atoms with Crippen LogP contribution in [0.2, 0.25) is 0 Å². The summed E-state index contributed by atoms with van der Waals surface area (Å²) in [7, 11) is 0. The highest BCUT2D eigenvalue weighted by Crippen LogP contribution is 2.48. The number of aromatic amines is 1. The highest BCUT2D eigenvalue weighted by molar-refractivity contribution is 7.17. The molecule has 2 amide bonds. The molecule has 0 saturated carbocycles. The van der Waals surface area contributed by atoms with E-state index in [1.807, 2.05) is 27.7 Å². The van der Waals surface area contributed by atoms with E-state index in [2.05, 4.69) is 15.5 Å². The molecular formula is C20H24N4O5S. The molecule has 0 bridgehead atoms. The van der Waals surface area contributed by atoms with Crippen LogP contribution < -0.4 is 11.1 Å². The Bertz CT molecular complexity index is 1050. The second kappa shape index (κ2) is 7.13. The third-order valence-electron chi connectivity index (χ3n) is 4.93. The quantitative estimate of drug-likeness (QED) is 0.681. The van der Waals surface area contributed by atoms with Gasteiger partial charge in [-0.25, -0.2) is 0 Å². The molecule has 2 aliphatic heterocycles. The van der Waals surface area contributed by atoms with Crippen molar-refractivity contribution in [3.8, 4) is 0 Å². The molecule has 160 valence electrons. The molecule has 0 aliphatic carbocycles. The van der Waals surface area contributed by atoms with Crippen LogP contribution in [0.1, 0.15) is 64.5 Å². The number of nitrogens with zero attached hydrogens (tertiary/aromatic N) is 1. The minimum absolute atomic E-state index is 0.129. The van der Waals surface area contributed by atoms with Crippen LogP contribution in [0.3, 0.4) is 0 Å². The summed E-state index contributed by atoms with van der Waals surface area (Å²) in [6, 6.07) is 0. The Labute approximate surface area is 177 Å². The topological polar surface area (TPSA) is 129 Å². The van der Waals surface area contributed by atoms with E-state index in [9.17, 15) is 9.59 Å². The molecule has 2 aromatic rings. The monoisotopic (exact) mass is 432 g/mol. The molecular weight excluding hydrogens is 408 g/mol. The highest BCUT2D eigenvalue weighted by atomic mass is 32.1. The molecule has 0 spiro atoms. The molecule has 4 N–H and O–H groups in total. The van der Waals surface area contributed by atoms with Crippen LogP contribution >= 0.6 is 11.3 Å². The Morgan fingerprint density at radius 1 is 1.27 bits per heavy atom. The van der Waals surface area contributed by atoms with E-state index in [4.69, 9.17) is 19.9 Å². The van der Waals surface area contributed by atoms with Gasteiger partial charge in [0.05, 0.1) is 22.3 Å². The van der Waals surface area contributed by atoms with Crippen LogP contribution in [0, 0.1) is 0 Å². The summed E-state index contributed by atoms with van der Waals surface area (Å²) in [5.74, 6) is -0.664. The predicted molar refractivity (Wildman–Crippen MR) is 111 cm³/mol. The van der Waals surface area contributed by atoms with E-state index in [0.717, 1.165) is 10.4 Å². The lowest BCUT2D eigenvalue weighted by molar-refractivity contribution is -0.135. The van der Waals surface area contributed by atoms with Crippen molar-refractivity contribution in [1.29, 1.82) is 0 Å². The molecule has 2 aliphatic rings. The van der Waals surface area contributed by atoms with Gasteiger partial charge in [0.25, 0.3) is 11.8 Å². The largest absolute Gasteiger partial charge is 0.494 e. The maximum absolute atomic E-state index is 13.0. The SMILES string of the molecule is CC1(C)Cc2c(sc(NC(=O)c3n[nH]cc3C3=COCCO3)c2C(N)=O)C(C)(C)O1. The van der Waals surface area contributed by atoms with Crippen molar-refractivity contribution in [3.63, 3.8) is 0 Å². The first kappa shape index (κ1) is 20.4. The Hall–Kier alpha value is -2.85. The lowest BCUT2D eigenvalue weighted by Crippen LogP contribution is -2.42. The van der Waals surface area contributed by atoms with Gasteiger partial charge >= 0.3 is 0 Å². The first-order valence-electron chi connectivity index (χ1n) is 9.55. The van der Waals surface area contributed by atoms with E-state index < -0.39 is 23.0 Å². The van der Waals surface area contributed by atoms with Gasteiger partial charge in [-0.2, -0.15) is 5.10 Å². The molecule has 30 heavy (non-hydrogen) atoms. The maximum Gasteiger partial charge on any atom is 0.277 e. The number of H-pyrrole nitrogens is 1. The maximum atomic E-state index is 13.0. The number of hydrogen-bond donors (Lipinski definition) is 3. The van der Waals surface area contributed by atoms with Crippen molar-refractivity contribution >= 4 is 33.9 Å². The van der Waals surface area contributed by atoms with Gasteiger partial charge in [0.1, 0.15) is 24.5 Å². The molecule has 10 heteroatoms. The van der Waals surface area contributed by atoms with Crippen LogP contribution in [0.5, 0.6) is 0 Å². The molecule has 0 fully saturated rings. The van der Waals surface area contributed by atoms with Gasteiger partial charge in [0.15, 0.2) is 11.5 Å². The molecule has 4 rings (SSSR count).